The van der Waals surface area contributed by atoms with Crippen LogP contribution in [0, 0.1) is 11.8 Å². The van der Waals surface area contributed by atoms with Crippen molar-refractivity contribution in [2.24, 2.45) is 11.8 Å². The maximum absolute atomic E-state index is 11.2. The molecular weight excluding hydrogens is 228 g/mol. The fourth-order valence-corrected chi connectivity index (χ4v) is 3.24. The number of carbonyl (C=O) groups excluding carboxylic acids is 1. The third-order valence-electron chi connectivity index (χ3n) is 4.20. The molecule has 0 aromatic carbocycles. The number of hydrogen-bond donors (Lipinski definition) is 1. The molecule has 3 rings (SSSR count). The molecule has 1 aromatic rings. The van der Waals surface area contributed by atoms with Gasteiger partial charge in [0.25, 0.3) is 0 Å². The van der Waals surface area contributed by atoms with E-state index in [0.29, 0.717) is 17.4 Å². The Kier molecular flexibility index (Phi) is 2.82. The molecule has 2 fully saturated rings. The molecule has 0 spiro atoms. The summed E-state index contributed by atoms with van der Waals surface area (Å²) in [5.41, 5.74) is 0.661. The number of pyridine rings is 1. The topological polar surface area (TPSA) is 53.4 Å². The molecule has 1 aliphatic carbocycles. The molecule has 1 unspecified atom stereocenters. The highest BCUT2D eigenvalue weighted by Crippen LogP contribution is 2.39. The van der Waals surface area contributed by atoms with Gasteiger partial charge in [0.05, 0.1) is 6.10 Å². The normalized spacial score (nSPS) is 30.6. The molecule has 2 aliphatic rings. The van der Waals surface area contributed by atoms with Crippen molar-refractivity contribution in [3.63, 3.8) is 0 Å². The van der Waals surface area contributed by atoms with Crippen LogP contribution in [0.3, 0.4) is 0 Å². The minimum Gasteiger partial charge on any atom is -0.393 e. The van der Waals surface area contributed by atoms with Gasteiger partial charge in [0.15, 0.2) is 5.78 Å². The Balaban J connectivity index is 1.72. The van der Waals surface area contributed by atoms with Crippen LogP contribution < -0.4 is 4.90 Å². The molecule has 0 bridgehead atoms. The summed E-state index contributed by atoms with van der Waals surface area (Å²) < 4.78 is 0. The predicted molar refractivity (Wildman–Crippen MR) is 68.7 cm³/mol. The summed E-state index contributed by atoms with van der Waals surface area (Å²) in [5.74, 6) is 2.21. The fraction of sp³-hybridized carbons (Fsp3) is 0.571. The highest BCUT2D eigenvalue weighted by atomic mass is 16.3. The van der Waals surface area contributed by atoms with Crippen molar-refractivity contribution < 1.29 is 9.90 Å². The van der Waals surface area contributed by atoms with Crippen molar-refractivity contribution in [2.75, 3.05) is 18.0 Å². The monoisotopic (exact) mass is 246 g/mol. The van der Waals surface area contributed by atoms with Gasteiger partial charge < -0.3 is 10.0 Å². The Morgan fingerprint density at radius 2 is 2.00 bits per heavy atom. The fourth-order valence-electron chi connectivity index (χ4n) is 3.24. The van der Waals surface area contributed by atoms with E-state index in [0.717, 1.165) is 31.7 Å². The van der Waals surface area contributed by atoms with Gasteiger partial charge in [-0.15, -0.1) is 0 Å². The minimum atomic E-state index is -0.102. The Labute approximate surface area is 107 Å². The van der Waals surface area contributed by atoms with Crippen LogP contribution in [0.4, 0.5) is 5.82 Å². The summed E-state index contributed by atoms with van der Waals surface area (Å²) in [5, 5.41) is 9.62. The van der Waals surface area contributed by atoms with Gasteiger partial charge in [-0.2, -0.15) is 0 Å². The number of aromatic nitrogens is 1. The van der Waals surface area contributed by atoms with Crippen molar-refractivity contribution >= 4 is 11.6 Å². The van der Waals surface area contributed by atoms with Crippen LogP contribution >= 0.6 is 0 Å². The van der Waals surface area contributed by atoms with E-state index in [1.54, 1.807) is 13.1 Å². The third kappa shape index (κ3) is 2.01. The van der Waals surface area contributed by atoms with Gasteiger partial charge in [0.2, 0.25) is 0 Å². The number of anilines is 1. The van der Waals surface area contributed by atoms with Crippen molar-refractivity contribution in [1.82, 2.24) is 4.98 Å². The standard InChI is InChI=1S/C14H18N2O2/c1-9(17)10-2-3-14(15-6-10)16-7-11-4-13(18)5-12(11)8-16/h2-3,6,11-13,18H,4-5,7-8H2,1H3/t11-,12+,13?. The van der Waals surface area contributed by atoms with Crippen LogP contribution in [0.1, 0.15) is 30.1 Å². The molecule has 96 valence electrons. The average molecular weight is 246 g/mol. The van der Waals surface area contributed by atoms with Gasteiger partial charge >= 0.3 is 0 Å². The lowest BCUT2D eigenvalue weighted by molar-refractivity contribution is 0.101. The number of hydrogen-bond acceptors (Lipinski definition) is 4. The first kappa shape index (κ1) is 11.7. The Morgan fingerprint density at radius 1 is 1.33 bits per heavy atom. The number of rotatable bonds is 2. The smallest absolute Gasteiger partial charge is 0.161 e. The lowest BCUT2D eigenvalue weighted by atomic mass is 10.0. The molecule has 4 nitrogen and oxygen atoms in total. The van der Waals surface area contributed by atoms with Crippen LogP contribution in [-0.4, -0.2) is 35.1 Å². The van der Waals surface area contributed by atoms with Crippen LogP contribution in [-0.2, 0) is 0 Å². The summed E-state index contributed by atoms with van der Waals surface area (Å²) in [6.45, 7) is 3.51. The van der Waals surface area contributed by atoms with Gasteiger partial charge in [-0.1, -0.05) is 0 Å². The minimum absolute atomic E-state index is 0.0514. The summed E-state index contributed by atoms with van der Waals surface area (Å²) >= 11 is 0. The molecule has 3 atom stereocenters. The number of ketones is 1. The number of aliphatic hydroxyl groups excluding tert-OH is 1. The molecule has 1 aromatic heterocycles. The van der Waals surface area contributed by atoms with E-state index in [-0.39, 0.29) is 11.9 Å². The maximum Gasteiger partial charge on any atom is 0.161 e. The number of fused-ring (bicyclic) bond motifs is 1. The van der Waals surface area contributed by atoms with Gasteiger partial charge in [0.1, 0.15) is 5.82 Å². The largest absolute Gasteiger partial charge is 0.393 e. The molecule has 0 amide bonds. The van der Waals surface area contributed by atoms with Gasteiger partial charge in [-0.05, 0) is 43.7 Å². The van der Waals surface area contributed by atoms with Crippen LogP contribution in [0.5, 0.6) is 0 Å². The number of nitrogens with zero attached hydrogens (tertiary/aromatic N) is 2. The molecule has 0 radical (unpaired) electrons. The van der Waals surface area contributed by atoms with Crippen LogP contribution in [0.25, 0.3) is 0 Å². The first-order valence-electron chi connectivity index (χ1n) is 6.53. The summed E-state index contributed by atoms with van der Waals surface area (Å²) in [6.07, 6.45) is 3.40. The molecular formula is C14H18N2O2. The molecule has 18 heavy (non-hydrogen) atoms. The van der Waals surface area contributed by atoms with E-state index in [1.807, 2.05) is 12.1 Å². The zero-order valence-electron chi connectivity index (χ0n) is 10.5. The molecule has 2 heterocycles. The third-order valence-corrected chi connectivity index (χ3v) is 4.20. The first-order chi connectivity index (χ1) is 8.63. The van der Waals surface area contributed by atoms with Gasteiger partial charge in [-0.3, -0.25) is 4.79 Å². The Bertz CT molecular complexity index is 443. The van der Waals surface area contributed by atoms with Crippen molar-refractivity contribution in [2.45, 2.75) is 25.9 Å². The second kappa shape index (κ2) is 4.35. The first-order valence-corrected chi connectivity index (χ1v) is 6.53. The Hall–Kier alpha value is -1.42. The van der Waals surface area contributed by atoms with Gasteiger partial charge in [0, 0.05) is 24.8 Å². The summed E-state index contributed by atoms with van der Waals surface area (Å²) in [7, 11) is 0. The quantitative estimate of drug-likeness (QED) is 0.803. The van der Waals surface area contributed by atoms with E-state index < -0.39 is 0 Å². The zero-order chi connectivity index (χ0) is 12.7. The lowest BCUT2D eigenvalue weighted by Crippen LogP contribution is -2.23. The second-order valence-corrected chi connectivity index (χ2v) is 5.51. The highest BCUT2D eigenvalue weighted by molar-refractivity contribution is 5.93. The second-order valence-electron chi connectivity index (χ2n) is 5.51. The van der Waals surface area contributed by atoms with Crippen molar-refractivity contribution in [1.29, 1.82) is 0 Å². The summed E-state index contributed by atoms with van der Waals surface area (Å²) in [4.78, 5) is 17.8. The lowest BCUT2D eigenvalue weighted by Gasteiger charge is -2.19. The number of aliphatic hydroxyl groups is 1. The average Bonchev–Trinajstić information content (AvgIpc) is 2.86. The highest BCUT2D eigenvalue weighted by Gasteiger charge is 2.40. The van der Waals surface area contributed by atoms with E-state index in [1.165, 1.54) is 0 Å². The van der Waals surface area contributed by atoms with E-state index >= 15 is 0 Å². The van der Waals surface area contributed by atoms with Crippen molar-refractivity contribution in [3.05, 3.63) is 23.9 Å². The van der Waals surface area contributed by atoms with E-state index in [4.69, 9.17) is 0 Å². The Morgan fingerprint density at radius 3 is 2.50 bits per heavy atom. The number of Topliss-reactive ketones (excluding diaryl/α,β-unsaturated/α-hetero) is 1. The number of carbonyl (C=O) groups is 1. The van der Waals surface area contributed by atoms with Gasteiger partial charge in [-0.25, -0.2) is 4.98 Å². The summed E-state index contributed by atoms with van der Waals surface area (Å²) in [6, 6.07) is 3.77. The van der Waals surface area contributed by atoms with Crippen LogP contribution in [0.15, 0.2) is 18.3 Å². The predicted octanol–water partition coefficient (Wildman–Crippen LogP) is 1.49. The maximum atomic E-state index is 11.2. The van der Waals surface area contributed by atoms with E-state index in [2.05, 4.69) is 9.88 Å². The molecule has 1 saturated carbocycles. The molecule has 4 heteroatoms. The van der Waals surface area contributed by atoms with Crippen LogP contribution in [0.2, 0.25) is 0 Å². The molecule has 1 saturated heterocycles. The molecule has 1 aliphatic heterocycles. The van der Waals surface area contributed by atoms with E-state index in [9.17, 15) is 9.90 Å². The SMILES string of the molecule is CC(=O)c1ccc(N2C[C@H]3CC(O)C[C@H]3C2)nc1. The zero-order valence-corrected chi connectivity index (χ0v) is 10.5. The van der Waals surface area contributed by atoms with Crippen molar-refractivity contribution in [3.8, 4) is 0 Å². The molecule has 1 N–H and O–H groups in total.